The lowest BCUT2D eigenvalue weighted by molar-refractivity contribution is -0.119. The van der Waals surface area contributed by atoms with Gasteiger partial charge in [0.25, 0.3) is 0 Å². The van der Waals surface area contributed by atoms with E-state index in [9.17, 15) is 9.59 Å². The summed E-state index contributed by atoms with van der Waals surface area (Å²) in [5.74, 6) is -0.429. The molecule has 3 N–H and O–H groups in total. The minimum atomic E-state index is -0.847. The van der Waals surface area contributed by atoms with Crippen LogP contribution in [0.3, 0.4) is 0 Å². The maximum atomic E-state index is 11.7. The van der Waals surface area contributed by atoms with E-state index in [0.29, 0.717) is 11.7 Å². The first kappa shape index (κ1) is 15.1. The second-order valence-corrected chi connectivity index (χ2v) is 5.74. The van der Waals surface area contributed by atoms with Crippen LogP contribution in [0.4, 0.5) is 4.79 Å². The number of nitrogens with zero attached hydrogens (tertiary/aromatic N) is 2. The second-order valence-electron chi connectivity index (χ2n) is 4.44. The third-order valence-corrected chi connectivity index (χ3v) is 3.89. The van der Waals surface area contributed by atoms with Crippen LogP contribution in [0.5, 0.6) is 0 Å². The third kappa shape index (κ3) is 4.35. The van der Waals surface area contributed by atoms with E-state index in [0.717, 1.165) is 5.56 Å². The Hall–Kier alpha value is -2.28. The topological polar surface area (TPSA) is 90.0 Å². The molecule has 0 bridgehead atoms. The van der Waals surface area contributed by atoms with Gasteiger partial charge in [0.05, 0.1) is 5.25 Å². The minimum absolute atomic E-state index is 0.429. The highest BCUT2D eigenvalue weighted by Gasteiger charge is 2.18. The molecular weight excluding hydrogens is 288 g/mol. The lowest BCUT2D eigenvalue weighted by Crippen LogP contribution is -2.39. The Labute approximate surface area is 126 Å². The fraction of sp³-hybridized carbons (Fsp3) is 0.214. The van der Waals surface area contributed by atoms with Crippen molar-refractivity contribution in [3.05, 3.63) is 48.3 Å². The van der Waals surface area contributed by atoms with Gasteiger partial charge in [-0.2, -0.15) is 0 Å². The van der Waals surface area contributed by atoms with Crippen molar-refractivity contribution in [2.24, 2.45) is 5.73 Å². The highest BCUT2D eigenvalue weighted by molar-refractivity contribution is 8.00. The molecule has 0 unspecified atom stereocenters. The predicted octanol–water partition coefficient (Wildman–Crippen LogP) is 1.61. The molecule has 2 rings (SSSR count). The number of carbonyl (C=O) groups is 2. The van der Waals surface area contributed by atoms with Crippen molar-refractivity contribution in [2.45, 2.75) is 23.9 Å². The normalized spacial score (nSPS) is 11.9. The van der Waals surface area contributed by atoms with E-state index >= 15 is 0 Å². The Balaban J connectivity index is 2.03. The van der Waals surface area contributed by atoms with Crippen LogP contribution in [-0.4, -0.2) is 26.7 Å². The number of thioether (sulfide) groups is 1. The first-order valence-electron chi connectivity index (χ1n) is 6.38. The van der Waals surface area contributed by atoms with E-state index in [2.05, 4.69) is 10.3 Å². The number of aromatic nitrogens is 2. The molecular formula is C14H16N4O2S. The quantitative estimate of drug-likeness (QED) is 0.821. The summed E-state index contributed by atoms with van der Waals surface area (Å²) in [6, 6.07) is 9.11. The van der Waals surface area contributed by atoms with Gasteiger partial charge in [-0.25, -0.2) is 9.78 Å². The van der Waals surface area contributed by atoms with Gasteiger partial charge in [-0.3, -0.25) is 10.1 Å². The van der Waals surface area contributed by atoms with E-state index in [4.69, 9.17) is 5.73 Å². The molecule has 0 radical (unpaired) electrons. The third-order valence-electron chi connectivity index (χ3n) is 2.77. The summed E-state index contributed by atoms with van der Waals surface area (Å²) in [6.07, 6.45) is 3.54. The molecule has 1 heterocycles. The van der Waals surface area contributed by atoms with E-state index in [-0.39, 0.29) is 0 Å². The Bertz CT molecular complexity index is 627. The number of nitrogens with one attached hydrogen (secondary N) is 1. The van der Waals surface area contributed by atoms with Crippen molar-refractivity contribution in [3.63, 3.8) is 0 Å². The molecule has 1 aromatic carbocycles. The summed E-state index contributed by atoms with van der Waals surface area (Å²) < 4.78 is 1.95. The largest absolute Gasteiger partial charge is 0.351 e. The zero-order valence-electron chi connectivity index (χ0n) is 11.5. The van der Waals surface area contributed by atoms with Gasteiger partial charge in [0.1, 0.15) is 0 Å². The molecule has 0 spiro atoms. The molecule has 110 valence electrons. The molecule has 0 aliphatic heterocycles. The number of amides is 3. The SMILES string of the molecule is C[C@@H](Sc1nccn1Cc1ccccc1)C(=O)NC(N)=O. The fourth-order valence-corrected chi connectivity index (χ4v) is 2.61. The van der Waals surface area contributed by atoms with Crippen LogP contribution in [0.2, 0.25) is 0 Å². The molecule has 21 heavy (non-hydrogen) atoms. The number of imidazole rings is 1. The number of imide groups is 1. The van der Waals surface area contributed by atoms with Crippen LogP contribution in [0.15, 0.2) is 47.9 Å². The number of urea groups is 1. The summed E-state index contributed by atoms with van der Waals surface area (Å²) in [4.78, 5) is 26.6. The number of hydrogen-bond donors (Lipinski definition) is 2. The van der Waals surface area contributed by atoms with E-state index in [1.807, 2.05) is 41.1 Å². The maximum absolute atomic E-state index is 11.7. The Morgan fingerprint density at radius 3 is 2.76 bits per heavy atom. The van der Waals surface area contributed by atoms with Gasteiger partial charge in [0.15, 0.2) is 5.16 Å². The number of benzene rings is 1. The van der Waals surface area contributed by atoms with E-state index in [1.54, 1.807) is 13.1 Å². The van der Waals surface area contributed by atoms with Crippen LogP contribution in [0.25, 0.3) is 0 Å². The van der Waals surface area contributed by atoms with E-state index < -0.39 is 17.2 Å². The first-order chi connectivity index (χ1) is 10.1. The first-order valence-corrected chi connectivity index (χ1v) is 7.26. The van der Waals surface area contributed by atoms with E-state index in [1.165, 1.54) is 11.8 Å². The smallest absolute Gasteiger partial charge is 0.318 e. The standard InChI is InChI=1S/C14H16N4O2S/c1-10(12(19)17-13(15)20)21-14-16-7-8-18(14)9-11-5-3-2-4-6-11/h2-8,10H,9H2,1H3,(H3,15,17,19,20)/t10-/m1/s1. The number of rotatable bonds is 5. The van der Waals surface area contributed by atoms with Gasteiger partial charge in [-0.05, 0) is 12.5 Å². The average Bonchev–Trinajstić information content (AvgIpc) is 2.86. The second kappa shape index (κ2) is 6.94. The number of nitrogens with two attached hydrogens (primary N) is 1. The predicted molar refractivity (Wildman–Crippen MR) is 80.8 cm³/mol. The lowest BCUT2D eigenvalue weighted by atomic mass is 10.2. The van der Waals surface area contributed by atoms with Gasteiger partial charge in [-0.1, -0.05) is 42.1 Å². The van der Waals surface area contributed by atoms with Crippen LogP contribution in [0.1, 0.15) is 12.5 Å². The molecule has 0 saturated carbocycles. The molecule has 2 aromatic rings. The average molecular weight is 304 g/mol. The maximum Gasteiger partial charge on any atom is 0.318 e. The van der Waals surface area contributed by atoms with Crippen LogP contribution in [0, 0.1) is 0 Å². The summed E-state index contributed by atoms with van der Waals surface area (Å²) in [7, 11) is 0. The van der Waals surface area contributed by atoms with Crippen molar-refractivity contribution in [3.8, 4) is 0 Å². The Morgan fingerprint density at radius 2 is 2.10 bits per heavy atom. The summed E-state index contributed by atoms with van der Waals surface area (Å²) >= 11 is 1.28. The number of carbonyl (C=O) groups excluding carboxylic acids is 2. The van der Waals surface area contributed by atoms with Gasteiger partial charge in [-0.15, -0.1) is 0 Å². The fourth-order valence-electron chi connectivity index (χ4n) is 1.75. The lowest BCUT2D eigenvalue weighted by Gasteiger charge is -2.11. The molecule has 7 heteroatoms. The molecule has 6 nitrogen and oxygen atoms in total. The van der Waals surface area contributed by atoms with Gasteiger partial charge < -0.3 is 10.3 Å². The van der Waals surface area contributed by atoms with Crippen LogP contribution < -0.4 is 11.1 Å². The van der Waals surface area contributed by atoms with Gasteiger partial charge in [0, 0.05) is 18.9 Å². The number of hydrogen-bond acceptors (Lipinski definition) is 4. The molecule has 0 aliphatic rings. The zero-order valence-corrected chi connectivity index (χ0v) is 12.3. The van der Waals surface area contributed by atoms with Gasteiger partial charge >= 0.3 is 6.03 Å². The van der Waals surface area contributed by atoms with Crippen molar-refractivity contribution in [1.29, 1.82) is 0 Å². The minimum Gasteiger partial charge on any atom is -0.351 e. The number of primary amides is 1. The van der Waals surface area contributed by atoms with Crippen LogP contribution >= 0.6 is 11.8 Å². The Kier molecular flexibility index (Phi) is 4.99. The summed E-state index contributed by atoms with van der Waals surface area (Å²) in [5, 5.41) is 2.32. The molecule has 1 aromatic heterocycles. The zero-order chi connectivity index (χ0) is 15.2. The monoisotopic (exact) mass is 304 g/mol. The van der Waals surface area contributed by atoms with Gasteiger partial charge in [0.2, 0.25) is 5.91 Å². The molecule has 0 saturated heterocycles. The van der Waals surface area contributed by atoms with Crippen molar-refractivity contribution in [1.82, 2.24) is 14.9 Å². The molecule has 1 atom stereocenters. The summed E-state index contributed by atoms with van der Waals surface area (Å²) in [6.45, 7) is 2.37. The Morgan fingerprint density at radius 1 is 1.38 bits per heavy atom. The molecule has 0 aliphatic carbocycles. The summed E-state index contributed by atoms with van der Waals surface area (Å²) in [5.41, 5.74) is 6.08. The molecule has 3 amide bonds. The van der Waals surface area contributed by atoms with Crippen LogP contribution in [-0.2, 0) is 11.3 Å². The van der Waals surface area contributed by atoms with Crippen molar-refractivity contribution >= 4 is 23.7 Å². The van der Waals surface area contributed by atoms with Crippen molar-refractivity contribution in [2.75, 3.05) is 0 Å². The van der Waals surface area contributed by atoms with Crippen molar-refractivity contribution < 1.29 is 9.59 Å². The molecule has 0 fully saturated rings. The highest BCUT2D eigenvalue weighted by atomic mass is 32.2. The highest BCUT2D eigenvalue weighted by Crippen LogP contribution is 2.22.